The summed E-state index contributed by atoms with van der Waals surface area (Å²) in [5.74, 6) is 0. The summed E-state index contributed by atoms with van der Waals surface area (Å²) >= 11 is 0. The SMILES string of the molecule is C=CCCCN1C=Nc2ccccc2C1C=O. The molecule has 0 spiro atoms. The molecule has 1 unspecified atom stereocenters. The monoisotopic (exact) mass is 228 g/mol. The van der Waals surface area contributed by atoms with Crippen LogP contribution in [-0.2, 0) is 4.79 Å². The van der Waals surface area contributed by atoms with Gasteiger partial charge in [0.25, 0.3) is 0 Å². The lowest BCUT2D eigenvalue weighted by atomic mass is 10.0. The summed E-state index contributed by atoms with van der Waals surface area (Å²) < 4.78 is 0. The van der Waals surface area contributed by atoms with Gasteiger partial charge in [0.2, 0.25) is 0 Å². The molecule has 17 heavy (non-hydrogen) atoms. The Balaban J connectivity index is 2.17. The minimum atomic E-state index is -0.200. The molecule has 1 heterocycles. The number of carbonyl (C=O) groups is 1. The van der Waals surface area contributed by atoms with E-state index in [1.165, 1.54) is 0 Å². The van der Waals surface area contributed by atoms with Crippen LogP contribution in [0.3, 0.4) is 0 Å². The van der Waals surface area contributed by atoms with Crippen molar-refractivity contribution in [2.75, 3.05) is 6.54 Å². The van der Waals surface area contributed by atoms with Crippen molar-refractivity contribution in [3.63, 3.8) is 0 Å². The van der Waals surface area contributed by atoms with E-state index in [0.29, 0.717) is 0 Å². The quantitative estimate of drug-likeness (QED) is 0.441. The first kappa shape index (κ1) is 11.6. The van der Waals surface area contributed by atoms with Crippen LogP contribution in [0.1, 0.15) is 24.4 Å². The second-order valence-electron chi connectivity index (χ2n) is 4.05. The van der Waals surface area contributed by atoms with Crippen LogP contribution in [0.2, 0.25) is 0 Å². The number of allylic oxidation sites excluding steroid dienone is 1. The van der Waals surface area contributed by atoms with Crippen molar-refractivity contribution in [3.05, 3.63) is 42.5 Å². The Bertz CT molecular complexity index is 440. The van der Waals surface area contributed by atoms with Gasteiger partial charge in [0.05, 0.1) is 12.0 Å². The molecule has 0 radical (unpaired) electrons. The topological polar surface area (TPSA) is 32.7 Å². The molecule has 0 N–H and O–H groups in total. The van der Waals surface area contributed by atoms with Crippen molar-refractivity contribution in [1.82, 2.24) is 4.90 Å². The molecule has 1 aliphatic rings. The van der Waals surface area contributed by atoms with Crippen LogP contribution in [0.25, 0.3) is 0 Å². The third kappa shape index (κ3) is 2.44. The van der Waals surface area contributed by atoms with Crippen LogP contribution in [0.15, 0.2) is 41.9 Å². The number of unbranched alkanes of at least 4 members (excludes halogenated alkanes) is 1. The van der Waals surface area contributed by atoms with Crippen molar-refractivity contribution < 1.29 is 4.79 Å². The average Bonchev–Trinajstić information content (AvgIpc) is 2.38. The predicted octanol–water partition coefficient (Wildman–Crippen LogP) is 2.87. The highest BCUT2D eigenvalue weighted by molar-refractivity contribution is 5.77. The fraction of sp³-hybridized carbons (Fsp3) is 0.286. The van der Waals surface area contributed by atoms with Gasteiger partial charge in [-0.05, 0) is 18.9 Å². The normalized spacial score (nSPS) is 17.6. The van der Waals surface area contributed by atoms with Crippen LogP contribution in [0.5, 0.6) is 0 Å². The Kier molecular flexibility index (Phi) is 3.70. The first-order chi connectivity index (χ1) is 8.36. The van der Waals surface area contributed by atoms with Crippen molar-refractivity contribution in [3.8, 4) is 0 Å². The van der Waals surface area contributed by atoms with Crippen LogP contribution >= 0.6 is 0 Å². The first-order valence-electron chi connectivity index (χ1n) is 5.82. The standard InChI is InChI=1S/C14H16N2O/c1-2-3-6-9-16-11-15-13-8-5-4-7-12(13)14(16)10-17/h2,4-5,7-8,10-11,14H,1,3,6,9H2. The zero-order chi connectivity index (χ0) is 12.1. The molecule has 1 aliphatic heterocycles. The zero-order valence-corrected chi connectivity index (χ0v) is 9.75. The van der Waals surface area contributed by atoms with Gasteiger partial charge in [-0.25, -0.2) is 4.99 Å². The van der Waals surface area contributed by atoms with Gasteiger partial charge < -0.3 is 9.69 Å². The molecule has 0 aliphatic carbocycles. The van der Waals surface area contributed by atoms with Crippen LogP contribution in [0, 0.1) is 0 Å². The van der Waals surface area contributed by atoms with E-state index in [2.05, 4.69) is 11.6 Å². The number of fused-ring (bicyclic) bond motifs is 1. The van der Waals surface area contributed by atoms with Crippen molar-refractivity contribution in [2.45, 2.75) is 18.9 Å². The van der Waals surface area contributed by atoms with E-state index in [-0.39, 0.29) is 6.04 Å². The first-order valence-corrected chi connectivity index (χ1v) is 5.82. The molecular weight excluding hydrogens is 212 g/mol. The molecule has 88 valence electrons. The molecule has 1 aromatic rings. The lowest BCUT2D eigenvalue weighted by Crippen LogP contribution is -2.31. The summed E-state index contributed by atoms with van der Waals surface area (Å²) in [6, 6.07) is 7.58. The van der Waals surface area contributed by atoms with Gasteiger partial charge in [-0.15, -0.1) is 6.58 Å². The summed E-state index contributed by atoms with van der Waals surface area (Å²) in [6.45, 7) is 4.52. The predicted molar refractivity (Wildman–Crippen MR) is 69.5 cm³/mol. The van der Waals surface area contributed by atoms with Crippen LogP contribution in [-0.4, -0.2) is 24.1 Å². The maximum atomic E-state index is 11.2. The van der Waals surface area contributed by atoms with E-state index in [1.807, 2.05) is 35.2 Å². The Morgan fingerprint density at radius 3 is 3.00 bits per heavy atom. The maximum Gasteiger partial charge on any atom is 0.147 e. The van der Waals surface area contributed by atoms with E-state index < -0.39 is 0 Å². The van der Waals surface area contributed by atoms with E-state index in [1.54, 1.807) is 6.34 Å². The van der Waals surface area contributed by atoms with Crippen molar-refractivity contribution in [1.29, 1.82) is 0 Å². The van der Waals surface area contributed by atoms with Gasteiger partial charge >= 0.3 is 0 Å². The number of aliphatic imine (C=N–C) groups is 1. The highest BCUT2D eigenvalue weighted by atomic mass is 16.1. The molecule has 0 fully saturated rings. The minimum absolute atomic E-state index is 0.200. The number of hydrogen-bond acceptors (Lipinski definition) is 3. The summed E-state index contributed by atoms with van der Waals surface area (Å²) in [4.78, 5) is 17.6. The Labute approximate surface area is 101 Å². The third-order valence-electron chi connectivity index (χ3n) is 2.91. The van der Waals surface area contributed by atoms with Crippen molar-refractivity contribution >= 4 is 18.3 Å². The van der Waals surface area contributed by atoms with E-state index in [9.17, 15) is 4.79 Å². The molecular formula is C14H16N2O. The molecule has 0 aromatic heterocycles. The minimum Gasteiger partial charge on any atom is -0.349 e. The summed E-state index contributed by atoms with van der Waals surface area (Å²) in [6.07, 6.45) is 6.59. The summed E-state index contributed by atoms with van der Waals surface area (Å²) in [7, 11) is 0. The zero-order valence-electron chi connectivity index (χ0n) is 9.75. The fourth-order valence-corrected chi connectivity index (χ4v) is 2.01. The number of rotatable bonds is 5. The summed E-state index contributed by atoms with van der Waals surface area (Å²) in [5, 5.41) is 0. The van der Waals surface area contributed by atoms with Gasteiger partial charge in [0.1, 0.15) is 12.3 Å². The lowest BCUT2D eigenvalue weighted by molar-refractivity contribution is -0.111. The number of carbonyl (C=O) groups excluding carboxylic acids is 1. The number of para-hydroxylation sites is 1. The maximum absolute atomic E-state index is 11.2. The number of hydrogen-bond donors (Lipinski definition) is 0. The van der Waals surface area contributed by atoms with Crippen LogP contribution in [0.4, 0.5) is 5.69 Å². The Morgan fingerprint density at radius 1 is 1.41 bits per heavy atom. The smallest absolute Gasteiger partial charge is 0.147 e. The number of benzene rings is 1. The molecule has 2 rings (SSSR count). The number of aldehydes is 1. The molecule has 0 saturated heterocycles. The molecule has 1 atom stereocenters. The Morgan fingerprint density at radius 2 is 2.24 bits per heavy atom. The second kappa shape index (κ2) is 5.43. The number of nitrogens with zero attached hydrogens (tertiary/aromatic N) is 2. The molecule has 0 saturated carbocycles. The highest BCUT2D eigenvalue weighted by Gasteiger charge is 2.22. The highest BCUT2D eigenvalue weighted by Crippen LogP contribution is 2.31. The molecule has 3 heteroatoms. The largest absolute Gasteiger partial charge is 0.349 e. The van der Waals surface area contributed by atoms with E-state index in [0.717, 1.165) is 36.9 Å². The molecule has 1 aromatic carbocycles. The summed E-state index contributed by atoms with van der Waals surface area (Å²) in [5.41, 5.74) is 1.88. The Hall–Kier alpha value is -1.90. The molecule has 0 amide bonds. The van der Waals surface area contributed by atoms with Gasteiger partial charge in [-0.1, -0.05) is 24.3 Å². The molecule has 3 nitrogen and oxygen atoms in total. The average molecular weight is 228 g/mol. The van der Waals surface area contributed by atoms with E-state index >= 15 is 0 Å². The van der Waals surface area contributed by atoms with Gasteiger partial charge in [0.15, 0.2) is 0 Å². The van der Waals surface area contributed by atoms with Crippen molar-refractivity contribution in [2.24, 2.45) is 4.99 Å². The third-order valence-corrected chi connectivity index (χ3v) is 2.91. The van der Waals surface area contributed by atoms with E-state index in [4.69, 9.17) is 0 Å². The molecule has 0 bridgehead atoms. The van der Waals surface area contributed by atoms with Crippen LogP contribution < -0.4 is 0 Å². The van der Waals surface area contributed by atoms with Gasteiger partial charge in [-0.2, -0.15) is 0 Å². The van der Waals surface area contributed by atoms with Gasteiger partial charge in [0, 0.05) is 12.1 Å². The lowest BCUT2D eigenvalue weighted by Gasteiger charge is -2.30. The second-order valence-corrected chi connectivity index (χ2v) is 4.05. The fourth-order valence-electron chi connectivity index (χ4n) is 2.01. The van der Waals surface area contributed by atoms with Gasteiger partial charge in [-0.3, -0.25) is 0 Å².